The van der Waals surface area contributed by atoms with Crippen LogP contribution in [0, 0.1) is 23.7 Å². The molecule has 4 heteroatoms. The molecule has 0 aromatic rings. The second kappa shape index (κ2) is 13.9. The van der Waals surface area contributed by atoms with Gasteiger partial charge in [0.1, 0.15) is 6.17 Å². The highest BCUT2D eigenvalue weighted by Crippen LogP contribution is 2.22. The topological polar surface area (TPSA) is 15.7 Å². The summed E-state index contributed by atoms with van der Waals surface area (Å²) in [6, 6.07) is 0.694. The molecule has 0 N–H and O–H groups in total. The van der Waals surface area contributed by atoms with E-state index in [1.54, 1.807) is 0 Å². The fourth-order valence-corrected chi connectivity index (χ4v) is 3.67. The van der Waals surface area contributed by atoms with Gasteiger partial charge in [-0.2, -0.15) is 0 Å². The fourth-order valence-electron chi connectivity index (χ4n) is 3.67. The van der Waals surface area contributed by atoms with Crippen LogP contribution in [0.2, 0.25) is 0 Å². The van der Waals surface area contributed by atoms with E-state index in [9.17, 15) is 4.39 Å². The molecule has 0 bridgehead atoms. The number of alkyl halides is 1. The van der Waals surface area contributed by atoms with Crippen LogP contribution in [0.15, 0.2) is 0 Å². The van der Waals surface area contributed by atoms with Gasteiger partial charge < -0.3 is 9.64 Å². The van der Waals surface area contributed by atoms with Gasteiger partial charge in [0.05, 0.1) is 19.3 Å². The number of nitrogens with zero attached hydrogens (tertiary/aromatic N) is 2. The standard InChI is InChI=1S/C12H25NO.C10H22FN/c1-5-11(10(2)3)6-7-13(4)12-8-14-9-12;1-6-9(8(2)3)10(11)7-12(4)5/h10-12H,5-9H2,1-4H3;8-10H,6-7H2,1-5H3. The van der Waals surface area contributed by atoms with Crippen molar-refractivity contribution in [1.29, 1.82) is 0 Å². The van der Waals surface area contributed by atoms with Crippen LogP contribution in [0.25, 0.3) is 0 Å². The van der Waals surface area contributed by atoms with Crippen molar-refractivity contribution in [2.75, 3.05) is 47.4 Å². The second-order valence-corrected chi connectivity index (χ2v) is 8.97. The minimum atomic E-state index is -0.676. The third kappa shape index (κ3) is 10.2. The Morgan fingerprint density at radius 2 is 1.54 bits per heavy atom. The lowest BCUT2D eigenvalue weighted by atomic mass is 9.88. The zero-order chi connectivity index (χ0) is 20.3. The fraction of sp³-hybridized carbons (Fsp3) is 1.00. The van der Waals surface area contributed by atoms with E-state index in [0.29, 0.717) is 18.5 Å². The summed E-state index contributed by atoms with van der Waals surface area (Å²) in [5.41, 5.74) is 0. The van der Waals surface area contributed by atoms with Gasteiger partial charge in [0.2, 0.25) is 0 Å². The minimum Gasteiger partial charge on any atom is -0.378 e. The van der Waals surface area contributed by atoms with Gasteiger partial charge in [-0.15, -0.1) is 0 Å². The Morgan fingerprint density at radius 1 is 0.962 bits per heavy atom. The summed E-state index contributed by atoms with van der Waals surface area (Å²) in [6.45, 7) is 16.9. The zero-order valence-electron chi connectivity index (χ0n) is 19.1. The predicted octanol–water partition coefficient (Wildman–Crippen LogP) is 4.96. The monoisotopic (exact) mass is 374 g/mol. The van der Waals surface area contributed by atoms with Crippen LogP contribution in [-0.2, 0) is 4.74 Å². The van der Waals surface area contributed by atoms with Gasteiger partial charge in [0, 0.05) is 6.54 Å². The van der Waals surface area contributed by atoms with Crippen LogP contribution >= 0.6 is 0 Å². The molecular weight excluding hydrogens is 327 g/mol. The van der Waals surface area contributed by atoms with Crippen molar-refractivity contribution in [3.8, 4) is 0 Å². The Bertz CT molecular complexity index is 332. The van der Waals surface area contributed by atoms with E-state index in [-0.39, 0.29) is 5.92 Å². The maximum absolute atomic E-state index is 13.5. The maximum Gasteiger partial charge on any atom is 0.116 e. The van der Waals surface area contributed by atoms with Crippen LogP contribution < -0.4 is 0 Å². The molecule has 0 aliphatic carbocycles. The first-order valence-electron chi connectivity index (χ1n) is 10.7. The molecule has 0 spiro atoms. The van der Waals surface area contributed by atoms with Gasteiger partial charge in [-0.25, -0.2) is 4.39 Å². The second-order valence-electron chi connectivity index (χ2n) is 8.97. The molecule has 26 heavy (non-hydrogen) atoms. The van der Waals surface area contributed by atoms with Crippen LogP contribution in [0.3, 0.4) is 0 Å². The molecule has 0 radical (unpaired) electrons. The molecule has 158 valence electrons. The summed E-state index contributed by atoms with van der Waals surface area (Å²) < 4.78 is 18.7. The Hall–Kier alpha value is -0.190. The largest absolute Gasteiger partial charge is 0.378 e. The quantitative estimate of drug-likeness (QED) is 0.508. The smallest absolute Gasteiger partial charge is 0.116 e. The summed E-state index contributed by atoms with van der Waals surface area (Å²) in [5, 5.41) is 0. The van der Waals surface area contributed by atoms with Crippen LogP contribution in [0.5, 0.6) is 0 Å². The van der Waals surface area contributed by atoms with E-state index in [1.165, 1.54) is 19.4 Å². The molecule has 1 rings (SSSR count). The van der Waals surface area contributed by atoms with Gasteiger partial charge in [0.15, 0.2) is 0 Å². The molecule has 1 heterocycles. The van der Waals surface area contributed by atoms with Crippen molar-refractivity contribution < 1.29 is 9.13 Å². The predicted molar refractivity (Wildman–Crippen MR) is 113 cm³/mol. The first-order chi connectivity index (χ1) is 12.1. The summed E-state index contributed by atoms with van der Waals surface area (Å²) in [5.74, 6) is 2.38. The van der Waals surface area contributed by atoms with Gasteiger partial charge in [-0.05, 0) is 57.8 Å². The van der Waals surface area contributed by atoms with Crippen LogP contribution in [-0.4, -0.2) is 69.5 Å². The summed E-state index contributed by atoms with van der Waals surface area (Å²) in [6.07, 6.45) is 2.91. The molecule has 3 nitrogen and oxygen atoms in total. The van der Waals surface area contributed by atoms with E-state index in [1.807, 2.05) is 19.0 Å². The van der Waals surface area contributed by atoms with Crippen molar-refractivity contribution in [2.45, 2.75) is 73.0 Å². The molecule has 1 aliphatic rings. The Morgan fingerprint density at radius 3 is 1.85 bits per heavy atom. The minimum absolute atomic E-state index is 0.215. The Kier molecular flexibility index (Phi) is 13.8. The first-order valence-corrected chi connectivity index (χ1v) is 10.7. The third-order valence-electron chi connectivity index (χ3n) is 5.90. The van der Waals surface area contributed by atoms with Gasteiger partial charge >= 0.3 is 0 Å². The Labute approximate surface area is 163 Å². The van der Waals surface area contributed by atoms with Crippen molar-refractivity contribution in [1.82, 2.24) is 9.80 Å². The number of hydrogen-bond donors (Lipinski definition) is 0. The lowest BCUT2D eigenvalue weighted by Gasteiger charge is -2.35. The number of rotatable bonds is 11. The highest BCUT2D eigenvalue weighted by atomic mass is 19.1. The highest BCUT2D eigenvalue weighted by Gasteiger charge is 2.24. The Balaban J connectivity index is 0.000000488. The molecule has 0 aromatic carbocycles. The molecule has 0 aromatic heterocycles. The van der Waals surface area contributed by atoms with Gasteiger partial charge in [-0.3, -0.25) is 4.90 Å². The molecule has 1 aliphatic heterocycles. The van der Waals surface area contributed by atoms with Crippen LogP contribution in [0.4, 0.5) is 4.39 Å². The van der Waals surface area contributed by atoms with Crippen LogP contribution in [0.1, 0.15) is 60.8 Å². The van der Waals surface area contributed by atoms with Gasteiger partial charge in [-0.1, -0.05) is 54.4 Å². The molecule has 0 amide bonds. The molecule has 1 saturated heterocycles. The van der Waals surface area contributed by atoms with E-state index in [0.717, 1.165) is 31.5 Å². The average Bonchev–Trinajstić information content (AvgIpc) is 2.45. The summed E-state index contributed by atoms with van der Waals surface area (Å²) >= 11 is 0. The molecular formula is C22H47FN2O. The summed E-state index contributed by atoms with van der Waals surface area (Å²) in [7, 11) is 6.06. The van der Waals surface area contributed by atoms with E-state index in [4.69, 9.17) is 4.74 Å². The highest BCUT2D eigenvalue weighted by molar-refractivity contribution is 4.76. The molecule has 1 fully saturated rings. The SMILES string of the molecule is CCC(C(C)C)C(F)CN(C)C.CCC(CCN(C)C1COC1)C(C)C. The number of hydrogen-bond acceptors (Lipinski definition) is 3. The van der Waals surface area contributed by atoms with Crippen molar-refractivity contribution in [3.63, 3.8) is 0 Å². The lowest BCUT2D eigenvalue weighted by Crippen LogP contribution is -2.47. The molecule has 3 unspecified atom stereocenters. The van der Waals surface area contributed by atoms with E-state index < -0.39 is 6.17 Å². The number of ether oxygens (including phenoxy) is 1. The van der Waals surface area contributed by atoms with E-state index >= 15 is 0 Å². The summed E-state index contributed by atoms with van der Waals surface area (Å²) in [4.78, 5) is 4.37. The van der Waals surface area contributed by atoms with Crippen molar-refractivity contribution in [3.05, 3.63) is 0 Å². The van der Waals surface area contributed by atoms with Crippen molar-refractivity contribution in [2.24, 2.45) is 23.7 Å². The first kappa shape index (κ1) is 25.8. The lowest BCUT2D eigenvalue weighted by molar-refractivity contribution is -0.0574. The van der Waals surface area contributed by atoms with Gasteiger partial charge in [0.25, 0.3) is 0 Å². The van der Waals surface area contributed by atoms with Crippen molar-refractivity contribution >= 4 is 0 Å². The average molecular weight is 375 g/mol. The van der Waals surface area contributed by atoms with E-state index in [2.05, 4.69) is 53.5 Å². The zero-order valence-corrected chi connectivity index (χ0v) is 19.1. The normalized spacial score (nSPS) is 18.7. The number of halogens is 1. The third-order valence-corrected chi connectivity index (χ3v) is 5.90. The number of likely N-dealkylation sites (N-methyl/N-ethyl adjacent to an activating group) is 1. The molecule has 3 atom stereocenters. The maximum atomic E-state index is 13.5. The molecule has 0 saturated carbocycles.